The highest BCUT2D eigenvalue weighted by Gasteiger charge is 2.62. The summed E-state index contributed by atoms with van der Waals surface area (Å²) in [6.45, 7) is 6.77. The van der Waals surface area contributed by atoms with E-state index in [1.54, 1.807) is 19.1 Å². The predicted octanol–water partition coefficient (Wildman–Crippen LogP) is 3.39. The van der Waals surface area contributed by atoms with Gasteiger partial charge < -0.3 is 14.5 Å². The van der Waals surface area contributed by atoms with Crippen LogP contribution in [0.4, 0.5) is 5.69 Å². The molecule has 1 saturated carbocycles. The van der Waals surface area contributed by atoms with Crippen molar-refractivity contribution >= 4 is 29.2 Å². The summed E-state index contributed by atoms with van der Waals surface area (Å²) >= 11 is 6.08. The summed E-state index contributed by atoms with van der Waals surface area (Å²) in [7, 11) is 4.13. The molecule has 1 N–H and O–H groups in total. The molecule has 0 aliphatic heterocycles. The SMILES string of the molecule is CCOC(=O)c1cc(Cl)cc(C)c1NC(=O)C1([N+](C)(C)CC)CC1. The minimum absolute atomic E-state index is 0.0506. The van der Waals surface area contributed by atoms with Crippen molar-refractivity contribution in [3.05, 3.63) is 28.3 Å². The van der Waals surface area contributed by atoms with E-state index in [1.165, 1.54) is 0 Å². The number of esters is 1. The van der Waals surface area contributed by atoms with Gasteiger partial charge in [-0.2, -0.15) is 0 Å². The number of benzene rings is 1. The molecule has 1 amide bonds. The lowest BCUT2D eigenvalue weighted by Crippen LogP contribution is -2.56. The van der Waals surface area contributed by atoms with Gasteiger partial charge in [0, 0.05) is 17.9 Å². The minimum Gasteiger partial charge on any atom is -0.462 e. The maximum absolute atomic E-state index is 13.0. The van der Waals surface area contributed by atoms with Gasteiger partial charge in [-0.25, -0.2) is 4.79 Å². The van der Waals surface area contributed by atoms with Crippen LogP contribution >= 0.6 is 11.6 Å². The lowest BCUT2D eigenvalue weighted by molar-refractivity contribution is -0.914. The van der Waals surface area contributed by atoms with E-state index in [2.05, 4.69) is 26.3 Å². The number of aryl methyl sites for hydroxylation is 1. The Balaban J connectivity index is 2.36. The van der Waals surface area contributed by atoms with Crippen LogP contribution in [-0.2, 0) is 9.53 Å². The summed E-state index contributed by atoms with van der Waals surface area (Å²) in [6.07, 6.45) is 1.70. The van der Waals surface area contributed by atoms with Gasteiger partial charge in [-0.05, 0) is 38.5 Å². The molecular weight excluding hydrogens is 328 g/mol. The highest BCUT2D eigenvalue weighted by atomic mass is 35.5. The first-order chi connectivity index (χ1) is 11.2. The molecule has 24 heavy (non-hydrogen) atoms. The highest BCUT2D eigenvalue weighted by Crippen LogP contribution is 2.46. The number of ether oxygens (including phenoxy) is 1. The highest BCUT2D eigenvalue weighted by molar-refractivity contribution is 6.31. The van der Waals surface area contributed by atoms with Crippen LogP contribution in [0.2, 0.25) is 5.02 Å². The third-order valence-electron chi connectivity index (χ3n) is 5.13. The fourth-order valence-electron chi connectivity index (χ4n) is 3.04. The Labute approximate surface area is 148 Å². The number of carbonyl (C=O) groups excluding carboxylic acids is 2. The molecule has 132 valence electrons. The van der Waals surface area contributed by atoms with E-state index in [0.29, 0.717) is 20.8 Å². The third-order valence-corrected chi connectivity index (χ3v) is 5.35. The number of carbonyl (C=O) groups is 2. The topological polar surface area (TPSA) is 55.4 Å². The fraction of sp³-hybridized carbons (Fsp3) is 0.556. The molecule has 1 aromatic rings. The van der Waals surface area contributed by atoms with Gasteiger partial charge in [0.15, 0.2) is 5.54 Å². The van der Waals surface area contributed by atoms with Gasteiger partial charge in [0.25, 0.3) is 5.91 Å². The molecule has 2 rings (SSSR count). The molecule has 0 spiro atoms. The second-order valence-electron chi connectivity index (χ2n) is 6.85. The van der Waals surface area contributed by atoms with Gasteiger partial charge in [-0.15, -0.1) is 0 Å². The van der Waals surface area contributed by atoms with E-state index in [1.807, 2.05) is 6.92 Å². The van der Waals surface area contributed by atoms with Gasteiger partial charge in [0.1, 0.15) is 0 Å². The number of halogens is 1. The number of likely N-dealkylation sites (N-methyl/N-ethyl adjacent to an activating group) is 1. The Kier molecular flexibility index (Phi) is 5.25. The molecule has 1 fully saturated rings. The zero-order valence-corrected chi connectivity index (χ0v) is 15.8. The van der Waals surface area contributed by atoms with Crippen molar-refractivity contribution in [2.24, 2.45) is 0 Å². The molecule has 0 saturated heterocycles. The first-order valence-corrected chi connectivity index (χ1v) is 8.68. The molecule has 0 bridgehead atoms. The average Bonchev–Trinajstić information content (AvgIpc) is 3.32. The average molecular weight is 354 g/mol. The van der Waals surface area contributed by atoms with Gasteiger partial charge >= 0.3 is 5.97 Å². The maximum atomic E-state index is 13.0. The van der Waals surface area contributed by atoms with Gasteiger partial charge in [-0.1, -0.05) is 11.6 Å². The third kappa shape index (κ3) is 3.28. The van der Waals surface area contributed by atoms with Gasteiger partial charge in [-0.3, -0.25) is 4.79 Å². The molecule has 1 aliphatic rings. The smallest absolute Gasteiger partial charge is 0.340 e. The van der Waals surface area contributed by atoms with Crippen molar-refractivity contribution in [3.8, 4) is 0 Å². The van der Waals surface area contributed by atoms with Crippen molar-refractivity contribution in [2.45, 2.75) is 39.2 Å². The van der Waals surface area contributed by atoms with Crippen LogP contribution < -0.4 is 5.32 Å². The van der Waals surface area contributed by atoms with Crippen LogP contribution in [0.25, 0.3) is 0 Å². The van der Waals surface area contributed by atoms with Crippen LogP contribution in [0.1, 0.15) is 42.6 Å². The van der Waals surface area contributed by atoms with E-state index in [-0.39, 0.29) is 12.5 Å². The van der Waals surface area contributed by atoms with Crippen molar-refractivity contribution in [1.29, 1.82) is 0 Å². The Hall–Kier alpha value is -1.59. The van der Waals surface area contributed by atoms with E-state index < -0.39 is 11.5 Å². The minimum atomic E-state index is -0.479. The normalized spacial score (nSPS) is 15.8. The van der Waals surface area contributed by atoms with Crippen molar-refractivity contribution in [3.63, 3.8) is 0 Å². The molecule has 5 nitrogen and oxygen atoms in total. The van der Waals surface area contributed by atoms with Gasteiger partial charge in [0.2, 0.25) is 0 Å². The molecular formula is C18H26ClN2O3+. The second-order valence-corrected chi connectivity index (χ2v) is 7.29. The predicted molar refractivity (Wildman–Crippen MR) is 95.4 cm³/mol. The van der Waals surface area contributed by atoms with E-state index >= 15 is 0 Å². The summed E-state index contributed by atoms with van der Waals surface area (Å²) in [5.41, 5.74) is 1.11. The largest absolute Gasteiger partial charge is 0.462 e. The number of hydrogen-bond donors (Lipinski definition) is 1. The number of nitrogens with one attached hydrogen (secondary N) is 1. The van der Waals surface area contributed by atoms with Gasteiger partial charge in [0.05, 0.1) is 38.5 Å². The van der Waals surface area contributed by atoms with Crippen LogP contribution in [-0.4, -0.2) is 49.1 Å². The fourth-order valence-corrected chi connectivity index (χ4v) is 3.31. The monoisotopic (exact) mass is 353 g/mol. The van der Waals surface area contributed by atoms with E-state index in [0.717, 1.165) is 24.9 Å². The summed E-state index contributed by atoms with van der Waals surface area (Å²) in [5, 5.41) is 3.42. The lowest BCUT2D eigenvalue weighted by Gasteiger charge is -2.36. The standard InChI is InChI=1S/C18H25ClN2O3/c1-6-21(4,5)18(8-9-18)17(23)20-15-12(3)10-13(19)11-14(15)16(22)24-7-2/h10-11H,6-9H2,1-5H3/p+1. The van der Waals surface area contributed by atoms with Crippen molar-refractivity contribution < 1.29 is 18.8 Å². The number of hydrogen-bond acceptors (Lipinski definition) is 3. The molecule has 0 radical (unpaired) electrons. The van der Waals surface area contributed by atoms with Crippen molar-refractivity contribution in [2.75, 3.05) is 32.6 Å². The summed E-state index contributed by atoms with van der Waals surface area (Å²) in [4.78, 5) is 25.2. The van der Waals surface area contributed by atoms with Crippen LogP contribution in [0.5, 0.6) is 0 Å². The zero-order valence-electron chi connectivity index (χ0n) is 15.0. The Morgan fingerprint density at radius 1 is 1.29 bits per heavy atom. The summed E-state index contributed by atoms with van der Waals surface area (Å²) in [6, 6.07) is 3.28. The zero-order chi connectivity index (χ0) is 18.1. The molecule has 0 heterocycles. The molecule has 0 aromatic heterocycles. The first kappa shape index (κ1) is 18.7. The molecule has 1 aromatic carbocycles. The number of anilines is 1. The molecule has 6 heteroatoms. The first-order valence-electron chi connectivity index (χ1n) is 8.30. The maximum Gasteiger partial charge on any atom is 0.340 e. The number of amides is 1. The van der Waals surface area contributed by atoms with Crippen molar-refractivity contribution in [1.82, 2.24) is 0 Å². The van der Waals surface area contributed by atoms with E-state index in [4.69, 9.17) is 16.3 Å². The molecule has 0 unspecified atom stereocenters. The number of quaternary nitrogens is 1. The Morgan fingerprint density at radius 2 is 1.92 bits per heavy atom. The quantitative estimate of drug-likeness (QED) is 0.630. The molecule has 0 atom stereocenters. The van der Waals surface area contributed by atoms with Crippen LogP contribution in [0.3, 0.4) is 0 Å². The van der Waals surface area contributed by atoms with Crippen LogP contribution in [0, 0.1) is 6.92 Å². The van der Waals surface area contributed by atoms with E-state index in [9.17, 15) is 9.59 Å². The Morgan fingerprint density at radius 3 is 2.42 bits per heavy atom. The summed E-state index contributed by atoms with van der Waals surface area (Å²) in [5.74, 6) is -0.530. The lowest BCUT2D eigenvalue weighted by atomic mass is 10.1. The van der Waals surface area contributed by atoms with Crippen LogP contribution in [0.15, 0.2) is 12.1 Å². The Bertz CT molecular complexity index is 666. The number of rotatable bonds is 6. The number of nitrogens with zero attached hydrogens (tertiary/aromatic N) is 1. The summed E-state index contributed by atoms with van der Waals surface area (Å²) < 4.78 is 5.72. The second kappa shape index (κ2) is 6.73. The molecule has 1 aliphatic carbocycles.